The molecule has 0 aliphatic carbocycles. The zero-order valence-electron chi connectivity index (χ0n) is 15.1. The lowest BCUT2D eigenvalue weighted by Crippen LogP contribution is -2.23. The third kappa shape index (κ3) is 4.66. The minimum absolute atomic E-state index is 0.0350. The number of rotatable bonds is 4. The Hall–Kier alpha value is -3.65. The number of nitrogens with one attached hydrogen (secondary N) is 1. The summed E-state index contributed by atoms with van der Waals surface area (Å²) in [5.41, 5.74) is -2.89. The fraction of sp³-hybridized carbons (Fsp3) is 0.167. The van der Waals surface area contributed by atoms with Gasteiger partial charge in [-0.2, -0.15) is 18.4 Å². The molecule has 3 aromatic rings. The van der Waals surface area contributed by atoms with Gasteiger partial charge in [0.2, 0.25) is 5.75 Å². The Bertz CT molecular complexity index is 1280. The molecule has 0 radical (unpaired) electrons. The number of aromatic amines is 1. The highest BCUT2D eigenvalue weighted by molar-refractivity contribution is 6.30. The fourth-order valence-electron chi connectivity index (χ4n) is 2.50. The van der Waals surface area contributed by atoms with Crippen molar-refractivity contribution in [3.8, 4) is 17.6 Å². The number of alkyl halides is 3. The van der Waals surface area contributed by atoms with Gasteiger partial charge in [0, 0.05) is 24.7 Å². The molecular weight excluding hydrogens is 427 g/mol. The van der Waals surface area contributed by atoms with Crippen molar-refractivity contribution in [1.29, 1.82) is 5.26 Å². The Morgan fingerprint density at radius 2 is 2.03 bits per heavy atom. The van der Waals surface area contributed by atoms with Crippen molar-refractivity contribution in [2.45, 2.75) is 12.6 Å². The van der Waals surface area contributed by atoms with Crippen LogP contribution in [0, 0.1) is 11.3 Å². The van der Waals surface area contributed by atoms with E-state index in [-0.39, 0.29) is 34.3 Å². The molecule has 154 valence electrons. The van der Waals surface area contributed by atoms with E-state index in [2.05, 4.69) is 15.0 Å². The summed E-state index contributed by atoms with van der Waals surface area (Å²) in [7, 11) is 1.45. The highest BCUT2D eigenvalue weighted by Crippen LogP contribution is 2.35. The number of nitrogens with zero attached hydrogens (tertiary/aromatic N) is 4. The zero-order valence-corrected chi connectivity index (χ0v) is 15.9. The van der Waals surface area contributed by atoms with Crippen LogP contribution >= 0.6 is 11.6 Å². The van der Waals surface area contributed by atoms with Gasteiger partial charge in [-0.05, 0) is 18.2 Å². The van der Waals surface area contributed by atoms with E-state index >= 15 is 0 Å². The largest absolute Gasteiger partial charge is 0.449 e. The van der Waals surface area contributed by atoms with Crippen LogP contribution in [-0.4, -0.2) is 19.5 Å². The first-order valence-corrected chi connectivity index (χ1v) is 8.55. The van der Waals surface area contributed by atoms with E-state index in [1.165, 1.54) is 23.9 Å². The normalized spacial score (nSPS) is 11.2. The van der Waals surface area contributed by atoms with E-state index in [0.29, 0.717) is 0 Å². The van der Waals surface area contributed by atoms with Gasteiger partial charge in [-0.25, -0.2) is 4.98 Å². The van der Waals surface area contributed by atoms with E-state index in [9.17, 15) is 22.8 Å². The van der Waals surface area contributed by atoms with Crippen molar-refractivity contribution >= 4 is 11.6 Å². The van der Waals surface area contributed by atoms with E-state index in [4.69, 9.17) is 21.6 Å². The summed E-state index contributed by atoms with van der Waals surface area (Å²) < 4.78 is 47.0. The summed E-state index contributed by atoms with van der Waals surface area (Å²) in [6, 6.07) is 5.35. The average molecular weight is 438 g/mol. The Balaban J connectivity index is 2.05. The third-order valence-electron chi connectivity index (χ3n) is 3.79. The molecule has 1 N–H and O–H groups in total. The quantitative estimate of drug-likeness (QED) is 0.671. The van der Waals surface area contributed by atoms with Crippen LogP contribution in [0.15, 0.2) is 40.2 Å². The van der Waals surface area contributed by atoms with Crippen LogP contribution in [0.1, 0.15) is 22.8 Å². The van der Waals surface area contributed by atoms with E-state index in [0.717, 1.165) is 18.3 Å². The van der Waals surface area contributed by atoms with Gasteiger partial charge in [0.05, 0.1) is 23.5 Å². The van der Waals surface area contributed by atoms with Gasteiger partial charge in [-0.15, -0.1) is 0 Å². The Morgan fingerprint density at radius 1 is 1.30 bits per heavy atom. The molecule has 2 aromatic heterocycles. The molecule has 0 atom stereocenters. The van der Waals surface area contributed by atoms with Gasteiger partial charge < -0.3 is 14.3 Å². The van der Waals surface area contributed by atoms with Crippen molar-refractivity contribution < 1.29 is 17.9 Å². The summed E-state index contributed by atoms with van der Waals surface area (Å²) in [6.45, 7) is 0. The predicted octanol–water partition coefficient (Wildman–Crippen LogP) is 2.79. The van der Waals surface area contributed by atoms with Gasteiger partial charge in [-0.3, -0.25) is 14.6 Å². The van der Waals surface area contributed by atoms with Gasteiger partial charge in [0.15, 0.2) is 5.69 Å². The molecule has 0 saturated carbocycles. The molecule has 12 heteroatoms. The van der Waals surface area contributed by atoms with Crippen LogP contribution in [0.3, 0.4) is 0 Å². The van der Waals surface area contributed by atoms with Crippen LogP contribution in [-0.2, 0) is 19.6 Å². The maximum atomic E-state index is 13.6. The Labute approximate surface area is 171 Å². The third-order valence-corrected chi connectivity index (χ3v) is 4.01. The van der Waals surface area contributed by atoms with Crippen LogP contribution in [0.4, 0.5) is 13.2 Å². The number of aromatic nitrogens is 4. The maximum absolute atomic E-state index is 13.6. The van der Waals surface area contributed by atoms with Gasteiger partial charge >= 0.3 is 6.18 Å². The number of aryl methyl sites for hydroxylation is 1. The van der Waals surface area contributed by atoms with Crippen molar-refractivity contribution in [1.82, 2.24) is 19.5 Å². The number of halogens is 4. The summed E-state index contributed by atoms with van der Waals surface area (Å²) in [4.78, 5) is 33.3. The smallest absolute Gasteiger partial charge is 0.437 e. The molecule has 2 heterocycles. The molecule has 0 aliphatic rings. The van der Waals surface area contributed by atoms with Crippen molar-refractivity contribution in [3.63, 3.8) is 0 Å². The van der Waals surface area contributed by atoms with Crippen molar-refractivity contribution in [2.24, 2.45) is 7.05 Å². The molecule has 0 aliphatic heterocycles. The first-order valence-electron chi connectivity index (χ1n) is 8.17. The first-order chi connectivity index (χ1) is 14.1. The highest BCUT2D eigenvalue weighted by Gasteiger charge is 2.39. The van der Waals surface area contributed by atoms with Gasteiger partial charge in [-0.1, -0.05) is 11.6 Å². The highest BCUT2D eigenvalue weighted by atomic mass is 35.5. The first kappa shape index (κ1) is 21.1. The number of hydrogen-bond acceptors (Lipinski definition) is 6. The van der Waals surface area contributed by atoms with Crippen LogP contribution in [0.5, 0.6) is 11.5 Å². The van der Waals surface area contributed by atoms with E-state index in [1.54, 1.807) is 6.07 Å². The van der Waals surface area contributed by atoms with Crippen LogP contribution in [0.25, 0.3) is 0 Å². The van der Waals surface area contributed by atoms with Gasteiger partial charge in [0.25, 0.3) is 11.1 Å². The second-order valence-electron chi connectivity index (χ2n) is 6.08. The number of nitriles is 1. The lowest BCUT2D eigenvalue weighted by atomic mass is 10.2. The summed E-state index contributed by atoms with van der Waals surface area (Å²) >= 11 is 5.82. The average Bonchev–Trinajstić information content (AvgIpc) is 2.65. The molecule has 0 fully saturated rings. The van der Waals surface area contributed by atoms with Gasteiger partial charge in [0.1, 0.15) is 11.6 Å². The molecule has 0 spiro atoms. The number of benzene rings is 1. The lowest BCUT2D eigenvalue weighted by molar-refractivity contribution is -0.142. The molecule has 0 unspecified atom stereocenters. The minimum atomic E-state index is -5.01. The molecule has 3 rings (SSSR count). The Morgan fingerprint density at radius 3 is 2.67 bits per heavy atom. The molecular formula is C18H11ClF3N5O3. The SMILES string of the molecule is Cn1cc(Cc2nc(C(F)(F)F)c(Oc3cc(Cl)cc(C#N)c3)c(=O)[nH]2)ncc1=O. The zero-order chi connectivity index (χ0) is 22.1. The summed E-state index contributed by atoms with van der Waals surface area (Å²) in [5, 5.41) is 8.99. The van der Waals surface area contributed by atoms with Crippen molar-refractivity contribution in [3.05, 3.63) is 79.1 Å². The number of ether oxygens (including phenoxy) is 1. The van der Waals surface area contributed by atoms with E-state index in [1.807, 2.05) is 0 Å². The topological polar surface area (TPSA) is 114 Å². The minimum Gasteiger partial charge on any atom is -0.449 e. The van der Waals surface area contributed by atoms with E-state index < -0.39 is 28.7 Å². The Kier molecular flexibility index (Phi) is 5.62. The molecule has 30 heavy (non-hydrogen) atoms. The molecule has 0 bridgehead atoms. The van der Waals surface area contributed by atoms with Crippen molar-refractivity contribution in [2.75, 3.05) is 0 Å². The molecule has 0 amide bonds. The second kappa shape index (κ2) is 8.00. The summed E-state index contributed by atoms with van der Waals surface area (Å²) in [5.74, 6) is -1.65. The monoisotopic (exact) mass is 437 g/mol. The molecule has 1 aromatic carbocycles. The van der Waals surface area contributed by atoms with Crippen LogP contribution in [0.2, 0.25) is 5.02 Å². The summed E-state index contributed by atoms with van der Waals surface area (Å²) in [6.07, 6.45) is -2.95. The number of hydrogen-bond donors (Lipinski definition) is 1. The second-order valence-corrected chi connectivity index (χ2v) is 6.52. The number of H-pyrrole nitrogens is 1. The van der Waals surface area contributed by atoms with Crippen LogP contribution < -0.4 is 15.9 Å². The molecule has 0 saturated heterocycles. The maximum Gasteiger partial charge on any atom is 0.437 e. The molecule has 8 nitrogen and oxygen atoms in total. The predicted molar refractivity (Wildman–Crippen MR) is 98.4 cm³/mol. The standard InChI is InChI=1S/C18H11ClF3N5O3/c1-27-8-11(24-7-14(27)28)5-13-25-16(18(20,21)22)15(17(29)26-13)30-12-3-9(6-23)2-10(19)4-12/h2-4,7-8H,5H2,1H3,(H,25,26,29). The fourth-order valence-corrected chi connectivity index (χ4v) is 2.72. The lowest BCUT2D eigenvalue weighted by Gasteiger charge is -2.14.